The molecule has 1 aromatic carbocycles. The second-order valence-corrected chi connectivity index (χ2v) is 4.98. The van der Waals surface area contributed by atoms with Crippen LogP contribution in [0.15, 0.2) is 29.3 Å². The van der Waals surface area contributed by atoms with E-state index in [2.05, 4.69) is 31.1 Å². The monoisotopic (exact) mass is 391 g/mol. The van der Waals surface area contributed by atoms with Gasteiger partial charge in [0, 0.05) is 6.54 Å². The van der Waals surface area contributed by atoms with E-state index in [9.17, 15) is 0 Å². The summed E-state index contributed by atoms with van der Waals surface area (Å²) in [5.74, 6) is 1.94. The highest BCUT2D eigenvalue weighted by Gasteiger charge is 1.98. The van der Waals surface area contributed by atoms with Gasteiger partial charge in [0.2, 0.25) is 0 Å². The van der Waals surface area contributed by atoms with Crippen molar-refractivity contribution in [2.75, 3.05) is 13.2 Å². The van der Waals surface area contributed by atoms with Crippen molar-refractivity contribution in [2.24, 2.45) is 16.6 Å². The lowest BCUT2D eigenvalue weighted by atomic mass is 10.2. The van der Waals surface area contributed by atoms with E-state index in [1.807, 2.05) is 24.3 Å². The number of hydrogen-bond acceptors (Lipinski definition) is 2. The molecule has 0 atom stereocenters. The first-order valence-electron chi connectivity index (χ1n) is 6.87. The van der Waals surface area contributed by atoms with Crippen LogP contribution < -0.4 is 15.8 Å². The molecule has 114 valence electrons. The molecule has 0 aliphatic heterocycles. The quantitative estimate of drug-likeness (QED) is 0.427. The molecule has 0 radical (unpaired) electrons. The summed E-state index contributed by atoms with van der Waals surface area (Å²) in [4.78, 5) is 4.28. The Labute approximate surface area is 139 Å². The van der Waals surface area contributed by atoms with Gasteiger partial charge in [0.15, 0.2) is 5.96 Å². The molecule has 0 saturated heterocycles. The third-order valence-corrected chi connectivity index (χ3v) is 2.49. The summed E-state index contributed by atoms with van der Waals surface area (Å²) in [6.07, 6.45) is 1.04. The van der Waals surface area contributed by atoms with Crippen molar-refractivity contribution >= 4 is 29.9 Å². The Morgan fingerprint density at radius 3 is 2.50 bits per heavy atom. The van der Waals surface area contributed by atoms with Gasteiger partial charge in [-0.1, -0.05) is 32.9 Å². The zero-order valence-electron chi connectivity index (χ0n) is 12.6. The molecule has 0 fully saturated rings. The smallest absolute Gasteiger partial charge is 0.188 e. The lowest BCUT2D eigenvalue weighted by molar-refractivity contribution is 0.271. The number of nitrogens with zero attached hydrogens (tertiary/aromatic N) is 1. The van der Waals surface area contributed by atoms with Crippen LogP contribution in [0.3, 0.4) is 0 Å². The minimum atomic E-state index is 0. The Kier molecular flexibility index (Phi) is 10.2. The second kappa shape index (κ2) is 10.8. The number of guanidine groups is 1. The summed E-state index contributed by atoms with van der Waals surface area (Å²) in [5.41, 5.74) is 6.86. The zero-order valence-corrected chi connectivity index (χ0v) is 14.9. The molecule has 4 nitrogen and oxygen atoms in total. The van der Waals surface area contributed by atoms with Crippen molar-refractivity contribution in [3.8, 4) is 5.75 Å². The molecule has 0 amide bonds. The molecule has 5 heteroatoms. The number of nitrogens with two attached hydrogens (primary N) is 1. The zero-order chi connectivity index (χ0) is 14.1. The predicted octanol–water partition coefficient (Wildman–Crippen LogP) is 3.15. The second-order valence-electron chi connectivity index (χ2n) is 4.98. The van der Waals surface area contributed by atoms with Crippen LogP contribution in [-0.2, 0) is 6.54 Å². The topological polar surface area (TPSA) is 59.6 Å². The van der Waals surface area contributed by atoms with E-state index in [1.165, 1.54) is 0 Å². The van der Waals surface area contributed by atoms with Crippen LogP contribution in [0.25, 0.3) is 0 Å². The highest BCUT2D eigenvalue weighted by atomic mass is 127. The normalized spacial score (nSPS) is 11.1. The predicted molar refractivity (Wildman–Crippen MR) is 95.8 cm³/mol. The number of benzene rings is 1. The minimum absolute atomic E-state index is 0. The van der Waals surface area contributed by atoms with Crippen molar-refractivity contribution in [2.45, 2.75) is 33.7 Å². The minimum Gasteiger partial charge on any atom is -0.493 e. The highest BCUT2D eigenvalue weighted by Crippen LogP contribution is 2.13. The van der Waals surface area contributed by atoms with Crippen molar-refractivity contribution in [3.05, 3.63) is 29.8 Å². The van der Waals surface area contributed by atoms with Crippen LogP contribution >= 0.6 is 24.0 Å². The van der Waals surface area contributed by atoms with Gasteiger partial charge in [0.05, 0.1) is 13.2 Å². The Morgan fingerprint density at radius 2 is 1.95 bits per heavy atom. The van der Waals surface area contributed by atoms with E-state index in [0.717, 1.165) is 30.9 Å². The molecule has 0 heterocycles. The third kappa shape index (κ3) is 8.24. The summed E-state index contributed by atoms with van der Waals surface area (Å²) in [7, 11) is 0. The van der Waals surface area contributed by atoms with Crippen molar-refractivity contribution < 1.29 is 4.74 Å². The molecule has 0 unspecified atom stereocenters. The van der Waals surface area contributed by atoms with Gasteiger partial charge < -0.3 is 15.8 Å². The molecule has 0 aromatic heterocycles. The third-order valence-electron chi connectivity index (χ3n) is 2.49. The van der Waals surface area contributed by atoms with E-state index in [4.69, 9.17) is 10.5 Å². The number of hydrogen-bond donors (Lipinski definition) is 2. The Hall–Kier alpha value is -0.980. The summed E-state index contributed by atoms with van der Waals surface area (Å²) >= 11 is 0. The Morgan fingerprint density at radius 1 is 1.30 bits per heavy atom. The summed E-state index contributed by atoms with van der Waals surface area (Å²) < 4.78 is 5.63. The molecule has 0 aliphatic rings. The van der Waals surface area contributed by atoms with E-state index in [0.29, 0.717) is 18.4 Å². The van der Waals surface area contributed by atoms with Gasteiger partial charge in [-0.25, -0.2) is 4.99 Å². The number of aliphatic imine (C=N–C) groups is 1. The van der Waals surface area contributed by atoms with Crippen LogP contribution in [0.2, 0.25) is 0 Å². The summed E-state index contributed by atoms with van der Waals surface area (Å²) in [5, 5.41) is 3.05. The van der Waals surface area contributed by atoms with Gasteiger partial charge >= 0.3 is 0 Å². The summed E-state index contributed by atoms with van der Waals surface area (Å²) in [6.45, 7) is 8.55. The standard InChI is InChI=1S/C15H25N3O.HI/c1-4-9-17-15(16)18-10-13-5-7-14(8-6-13)19-11-12(2)3;/h5-8,12H,4,9-11H2,1-3H3,(H3,16,17,18);1H. The number of halogens is 1. The average Bonchev–Trinajstić information content (AvgIpc) is 2.41. The molecule has 1 rings (SSSR count). The fraction of sp³-hybridized carbons (Fsp3) is 0.533. The molecular formula is C15H26IN3O. The first-order valence-corrected chi connectivity index (χ1v) is 6.87. The van der Waals surface area contributed by atoms with E-state index >= 15 is 0 Å². The number of nitrogens with one attached hydrogen (secondary N) is 1. The molecule has 1 aromatic rings. The van der Waals surface area contributed by atoms with Gasteiger partial charge in [0.1, 0.15) is 5.75 Å². The number of ether oxygens (including phenoxy) is 1. The van der Waals surface area contributed by atoms with Crippen LogP contribution in [0.4, 0.5) is 0 Å². The van der Waals surface area contributed by atoms with Crippen LogP contribution in [-0.4, -0.2) is 19.1 Å². The first kappa shape index (κ1) is 19.0. The van der Waals surface area contributed by atoms with Crippen LogP contribution in [0.1, 0.15) is 32.8 Å². The maximum absolute atomic E-state index is 5.73. The van der Waals surface area contributed by atoms with Gasteiger partial charge in [-0.2, -0.15) is 0 Å². The van der Waals surface area contributed by atoms with Crippen LogP contribution in [0.5, 0.6) is 5.75 Å². The fourth-order valence-corrected chi connectivity index (χ4v) is 1.44. The van der Waals surface area contributed by atoms with Crippen LogP contribution in [0, 0.1) is 5.92 Å². The number of rotatable bonds is 7. The van der Waals surface area contributed by atoms with E-state index in [1.54, 1.807) is 0 Å². The highest BCUT2D eigenvalue weighted by molar-refractivity contribution is 14.0. The lowest BCUT2D eigenvalue weighted by Crippen LogP contribution is -2.32. The summed E-state index contributed by atoms with van der Waals surface area (Å²) in [6, 6.07) is 7.99. The SMILES string of the molecule is CCCNC(N)=NCc1ccc(OCC(C)C)cc1.I. The molecule has 3 N–H and O–H groups in total. The lowest BCUT2D eigenvalue weighted by Gasteiger charge is -2.09. The van der Waals surface area contributed by atoms with Crippen molar-refractivity contribution in [3.63, 3.8) is 0 Å². The maximum Gasteiger partial charge on any atom is 0.188 e. The van der Waals surface area contributed by atoms with Crippen molar-refractivity contribution in [1.29, 1.82) is 0 Å². The Balaban J connectivity index is 0.00000361. The molecule has 0 bridgehead atoms. The average molecular weight is 391 g/mol. The Bertz CT molecular complexity index is 391. The molecule has 0 saturated carbocycles. The van der Waals surface area contributed by atoms with Gasteiger partial charge in [-0.15, -0.1) is 24.0 Å². The fourth-order valence-electron chi connectivity index (χ4n) is 1.44. The molecule has 0 spiro atoms. The largest absolute Gasteiger partial charge is 0.493 e. The van der Waals surface area contributed by atoms with Gasteiger partial charge in [-0.3, -0.25) is 0 Å². The molecule has 0 aliphatic carbocycles. The molecular weight excluding hydrogens is 365 g/mol. The van der Waals surface area contributed by atoms with E-state index < -0.39 is 0 Å². The maximum atomic E-state index is 5.73. The molecule has 20 heavy (non-hydrogen) atoms. The van der Waals surface area contributed by atoms with Gasteiger partial charge in [-0.05, 0) is 30.0 Å². The van der Waals surface area contributed by atoms with Gasteiger partial charge in [0.25, 0.3) is 0 Å². The first-order chi connectivity index (χ1) is 9.11. The van der Waals surface area contributed by atoms with Crippen molar-refractivity contribution in [1.82, 2.24) is 5.32 Å². The van der Waals surface area contributed by atoms with E-state index in [-0.39, 0.29) is 24.0 Å².